The van der Waals surface area contributed by atoms with Gasteiger partial charge in [0, 0.05) is 0 Å². The van der Waals surface area contributed by atoms with Gasteiger partial charge < -0.3 is 16.8 Å². The van der Waals surface area contributed by atoms with E-state index in [0.717, 1.165) is 5.56 Å². The molecule has 4 heteroatoms. The second kappa shape index (κ2) is 5.63. The molecule has 88 valence electrons. The Balaban J connectivity index is 2.58. The minimum Gasteiger partial charge on any atom is -0.336 e. The Kier molecular flexibility index (Phi) is 4.46. The van der Waals surface area contributed by atoms with Crippen molar-refractivity contribution in [2.24, 2.45) is 17.4 Å². The zero-order valence-electron chi connectivity index (χ0n) is 9.68. The predicted molar refractivity (Wildman–Crippen MR) is 64.3 cm³/mol. The quantitative estimate of drug-likeness (QED) is 0.656. The van der Waals surface area contributed by atoms with Gasteiger partial charge in [-0.05, 0) is 11.5 Å². The van der Waals surface area contributed by atoms with Crippen LogP contribution in [0.4, 0.5) is 0 Å². The van der Waals surface area contributed by atoms with Gasteiger partial charge >= 0.3 is 0 Å². The van der Waals surface area contributed by atoms with Gasteiger partial charge in [-0.3, -0.25) is 4.79 Å². The Hall–Kier alpha value is -1.39. The molecule has 0 fully saturated rings. The van der Waals surface area contributed by atoms with Crippen molar-refractivity contribution in [2.75, 3.05) is 0 Å². The molecule has 5 N–H and O–H groups in total. The fourth-order valence-corrected chi connectivity index (χ4v) is 1.30. The molecular formula is C12H19N3O. The molecule has 0 bridgehead atoms. The summed E-state index contributed by atoms with van der Waals surface area (Å²) in [7, 11) is 0. The van der Waals surface area contributed by atoms with Crippen molar-refractivity contribution in [1.29, 1.82) is 0 Å². The molecule has 1 aromatic rings. The Morgan fingerprint density at radius 2 is 1.75 bits per heavy atom. The number of carbonyl (C=O) groups is 1. The van der Waals surface area contributed by atoms with Crippen LogP contribution in [0.1, 0.15) is 25.6 Å². The van der Waals surface area contributed by atoms with Gasteiger partial charge in [-0.25, -0.2) is 0 Å². The molecule has 0 aliphatic heterocycles. The lowest BCUT2D eigenvalue weighted by atomic mass is 10.0. The highest BCUT2D eigenvalue weighted by Crippen LogP contribution is 2.07. The van der Waals surface area contributed by atoms with Crippen molar-refractivity contribution < 1.29 is 4.79 Å². The van der Waals surface area contributed by atoms with Crippen LogP contribution >= 0.6 is 0 Å². The second-order valence-electron chi connectivity index (χ2n) is 4.17. The first kappa shape index (κ1) is 12.7. The average molecular weight is 221 g/mol. The average Bonchev–Trinajstić information content (AvgIpc) is 2.28. The molecule has 0 heterocycles. The summed E-state index contributed by atoms with van der Waals surface area (Å²) in [6.07, 6.45) is -0.501. The molecule has 0 saturated carbocycles. The van der Waals surface area contributed by atoms with Gasteiger partial charge in [0.25, 0.3) is 0 Å². The molecular weight excluding hydrogens is 202 g/mol. The normalized spacial score (nSPS) is 14.6. The highest BCUT2D eigenvalue weighted by atomic mass is 16.2. The zero-order chi connectivity index (χ0) is 12.1. The summed E-state index contributed by atoms with van der Waals surface area (Å²) >= 11 is 0. The van der Waals surface area contributed by atoms with E-state index >= 15 is 0 Å². The van der Waals surface area contributed by atoms with Gasteiger partial charge in [0.15, 0.2) is 0 Å². The van der Waals surface area contributed by atoms with Gasteiger partial charge in [-0.2, -0.15) is 0 Å². The molecule has 0 saturated heterocycles. The van der Waals surface area contributed by atoms with E-state index in [1.165, 1.54) is 0 Å². The Morgan fingerprint density at radius 1 is 1.19 bits per heavy atom. The van der Waals surface area contributed by atoms with Gasteiger partial charge in [0.2, 0.25) is 5.91 Å². The van der Waals surface area contributed by atoms with E-state index < -0.39 is 12.2 Å². The lowest BCUT2D eigenvalue weighted by Crippen LogP contribution is -2.47. The van der Waals surface area contributed by atoms with E-state index in [1.807, 2.05) is 44.2 Å². The summed E-state index contributed by atoms with van der Waals surface area (Å²) in [6, 6.07) is 8.87. The summed E-state index contributed by atoms with van der Waals surface area (Å²) in [6.45, 7) is 3.80. The summed E-state index contributed by atoms with van der Waals surface area (Å²) in [5.74, 6) is -0.116. The van der Waals surface area contributed by atoms with Crippen LogP contribution in [0.3, 0.4) is 0 Å². The van der Waals surface area contributed by atoms with Crippen LogP contribution < -0.4 is 16.8 Å². The number of hydrogen-bond acceptors (Lipinski definition) is 3. The van der Waals surface area contributed by atoms with Crippen LogP contribution in [0.25, 0.3) is 0 Å². The highest BCUT2D eigenvalue weighted by molar-refractivity contribution is 5.82. The third kappa shape index (κ3) is 3.32. The lowest BCUT2D eigenvalue weighted by molar-refractivity contribution is -0.123. The number of amides is 1. The molecule has 1 unspecified atom stereocenters. The summed E-state index contributed by atoms with van der Waals surface area (Å²) < 4.78 is 0. The maximum absolute atomic E-state index is 11.7. The summed E-state index contributed by atoms with van der Waals surface area (Å²) in [5, 5.41) is 2.69. The van der Waals surface area contributed by atoms with Crippen molar-refractivity contribution in [1.82, 2.24) is 5.32 Å². The molecule has 0 aromatic heterocycles. The minimum atomic E-state index is -0.519. The van der Waals surface area contributed by atoms with Crippen LogP contribution in [0.2, 0.25) is 0 Å². The first-order chi connectivity index (χ1) is 7.52. The van der Waals surface area contributed by atoms with E-state index in [0.29, 0.717) is 0 Å². The maximum Gasteiger partial charge on any atom is 0.238 e. The van der Waals surface area contributed by atoms with Crippen molar-refractivity contribution in [2.45, 2.75) is 26.1 Å². The number of nitrogens with two attached hydrogens (primary N) is 2. The third-order valence-corrected chi connectivity index (χ3v) is 2.48. The van der Waals surface area contributed by atoms with E-state index in [1.54, 1.807) is 0 Å². The molecule has 0 aliphatic rings. The first-order valence-electron chi connectivity index (χ1n) is 5.39. The molecule has 1 rings (SSSR count). The third-order valence-electron chi connectivity index (χ3n) is 2.48. The standard InChI is InChI=1S/C12H19N3O/c1-8(2)10(13)12(16)15-11(14)9-6-4-3-5-7-9/h3-8,10-11H,13-14H2,1-2H3,(H,15,16)/t10-,11?/m1/s1. The van der Waals surface area contributed by atoms with Crippen LogP contribution in [0.5, 0.6) is 0 Å². The molecule has 0 radical (unpaired) electrons. The van der Waals surface area contributed by atoms with Gasteiger partial charge in [0.05, 0.1) is 6.04 Å². The van der Waals surface area contributed by atoms with Crippen LogP contribution in [0, 0.1) is 5.92 Å². The van der Waals surface area contributed by atoms with E-state index in [4.69, 9.17) is 11.5 Å². The minimum absolute atomic E-state index is 0.1000. The molecule has 2 atom stereocenters. The van der Waals surface area contributed by atoms with E-state index in [9.17, 15) is 4.79 Å². The number of nitrogens with one attached hydrogen (secondary N) is 1. The van der Waals surface area contributed by atoms with Crippen molar-refractivity contribution in [3.63, 3.8) is 0 Å². The molecule has 16 heavy (non-hydrogen) atoms. The van der Waals surface area contributed by atoms with Crippen LogP contribution in [0.15, 0.2) is 30.3 Å². The fourth-order valence-electron chi connectivity index (χ4n) is 1.30. The van der Waals surface area contributed by atoms with Gasteiger partial charge in [-0.1, -0.05) is 44.2 Å². The molecule has 4 nitrogen and oxygen atoms in total. The van der Waals surface area contributed by atoms with Crippen LogP contribution in [-0.4, -0.2) is 11.9 Å². The second-order valence-corrected chi connectivity index (χ2v) is 4.17. The van der Waals surface area contributed by atoms with E-state index in [-0.39, 0.29) is 11.8 Å². The number of benzene rings is 1. The number of rotatable bonds is 4. The SMILES string of the molecule is CC(C)[C@@H](N)C(=O)NC(N)c1ccccc1. The van der Waals surface area contributed by atoms with Gasteiger partial charge in [0.1, 0.15) is 6.17 Å². The maximum atomic E-state index is 11.7. The smallest absolute Gasteiger partial charge is 0.238 e. The fraction of sp³-hybridized carbons (Fsp3) is 0.417. The summed E-state index contributed by atoms with van der Waals surface area (Å²) in [5.41, 5.74) is 12.4. The van der Waals surface area contributed by atoms with Crippen molar-refractivity contribution >= 4 is 5.91 Å². The van der Waals surface area contributed by atoms with Gasteiger partial charge in [-0.15, -0.1) is 0 Å². The Morgan fingerprint density at radius 3 is 2.25 bits per heavy atom. The monoisotopic (exact) mass is 221 g/mol. The zero-order valence-corrected chi connectivity index (χ0v) is 9.68. The Bertz CT molecular complexity index is 337. The molecule has 0 aliphatic carbocycles. The molecule has 0 spiro atoms. The largest absolute Gasteiger partial charge is 0.336 e. The van der Waals surface area contributed by atoms with Crippen LogP contribution in [-0.2, 0) is 4.79 Å². The topological polar surface area (TPSA) is 81.1 Å². The predicted octanol–water partition coefficient (Wildman–Crippen LogP) is 0.743. The van der Waals surface area contributed by atoms with Crippen molar-refractivity contribution in [3.8, 4) is 0 Å². The number of hydrogen-bond donors (Lipinski definition) is 3. The Labute approximate surface area is 96.0 Å². The lowest BCUT2D eigenvalue weighted by Gasteiger charge is -2.19. The highest BCUT2D eigenvalue weighted by Gasteiger charge is 2.19. The van der Waals surface area contributed by atoms with E-state index in [2.05, 4.69) is 5.32 Å². The number of carbonyl (C=O) groups excluding carboxylic acids is 1. The molecule has 1 amide bonds. The molecule has 1 aromatic carbocycles. The first-order valence-corrected chi connectivity index (χ1v) is 5.39. The van der Waals surface area contributed by atoms with Crippen molar-refractivity contribution in [3.05, 3.63) is 35.9 Å². The summed E-state index contributed by atoms with van der Waals surface area (Å²) in [4.78, 5) is 11.7.